The number of phenols is 1. The number of sulfonamides is 1. The molecule has 1 N–H and O–H groups in total. The van der Waals surface area contributed by atoms with Crippen LogP contribution in [0.3, 0.4) is 0 Å². The molecule has 0 unspecified atom stereocenters. The van der Waals surface area contributed by atoms with E-state index in [1.807, 2.05) is 6.92 Å². The molecule has 0 spiro atoms. The fourth-order valence-electron chi connectivity index (χ4n) is 2.95. The van der Waals surface area contributed by atoms with E-state index >= 15 is 0 Å². The minimum Gasteiger partial charge on any atom is -0.503 e. The lowest BCUT2D eigenvalue weighted by Crippen LogP contribution is -2.40. The number of ketones is 1. The quantitative estimate of drug-likeness (QED) is 0.466. The minimum atomic E-state index is -3.60. The molecule has 0 aliphatic carbocycles. The maximum Gasteiger partial charge on any atom is 0.243 e. The largest absolute Gasteiger partial charge is 0.503 e. The van der Waals surface area contributed by atoms with Crippen molar-refractivity contribution in [2.24, 2.45) is 0 Å². The van der Waals surface area contributed by atoms with Crippen molar-refractivity contribution in [2.45, 2.75) is 11.8 Å². The Morgan fingerprint density at radius 3 is 2.53 bits per heavy atom. The van der Waals surface area contributed by atoms with Crippen LogP contribution in [0.25, 0.3) is 6.08 Å². The van der Waals surface area contributed by atoms with Crippen LogP contribution in [0.15, 0.2) is 51.8 Å². The molecule has 3 rings (SSSR count). The molecule has 1 heterocycles. The van der Waals surface area contributed by atoms with Crippen LogP contribution in [0, 0.1) is 0 Å². The van der Waals surface area contributed by atoms with Crippen LogP contribution in [0.2, 0.25) is 0 Å². The van der Waals surface area contributed by atoms with E-state index in [1.54, 1.807) is 18.2 Å². The summed E-state index contributed by atoms with van der Waals surface area (Å²) in [6, 6.07) is 9.17. The molecule has 0 saturated carbocycles. The molecule has 0 bridgehead atoms. The Kier molecular flexibility index (Phi) is 7.30. The van der Waals surface area contributed by atoms with Gasteiger partial charge in [-0.15, -0.1) is 0 Å². The number of rotatable bonds is 7. The number of allylic oxidation sites excluding steroid dienone is 1. The van der Waals surface area contributed by atoms with Gasteiger partial charge in [-0.05, 0) is 70.9 Å². The predicted molar refractivity (Wildman–Crippen MR) is 116 cm³/mol. The van der Waals surface area contributed by atoms with E-state index in [2.05, 4.69) is 15.9 Å². The summed E-state index contributed by atoms with van der Waals surface area (Å²) in [6.45, 7) is 3.58. The first-order valence-electron chi connectivity index (χ1n) is 9.38. The van der Waals surface area contributed by atoms with Gasteiger partial charge in [0.25, 0.3) is 0 Å². The summed E-state index contributed by atoms with van der Waals surface area (Å²) >= 11 is 3.26. The Morgan fingerprint density at radius 1 is 1.23 bits per heavy atom. The second-order valence-electron chi connectivity index (χ2n) is 6.52. The number of nitrogens with zero attached hydrogens (tertiary/aromatic N) is 1. The zero-order valence-corrected chi connectivity index (χ0v) is 18.8. The van der Waals surface area contributed by atoms with E-state index < -0.39 is 10.0 Å². The van der Waals surface area contributed by atoms with Crippen molar-refractivity contribution in [3.05, 3.63) is 58.1 Å². The Balaban J connectivity index is 1.75. The zero-order chi connectivity index (χ0) is 21.7. The zero-order valence-electron chi connectivity index (χ0n) is 16.4. The number of carbonyl (C=O) groups is 1. The van der Waals surface area contributed by atoms with Gasteiger partial charge in [-0.3, -0.25) is 4.79 Å². The number of halogens is 1. The molecule has 9 heteroatoms. The Morgan fingerprint density at radius 2 is 1.90 bits per heavy atom. The van der Waals surface area contributed by atoms with Crippen LogP contribution in [0.4, 0.5) is 0 Å². The number of morpholine rings is 1. The molecule has 30 heavy (non-hydrogen) atoms. The maximum atomic E-state index is 12.7. The molecular weight excluding hydrogens is 474 g/mol. The van der Waals surface area contributed by atoms with Crippen molar-refractivity contribution >= 4 is 37.8 Å². The Bertz CT molecular complexity index is 1040. The van der Waals surface area contributed by atoms with Gasteiger partial charge >= 0.3 is 0 Å². The van der Waals surface area contributed by atoms with Crippen LogP contribution in [-0.4, -0.2) is 56.5 Å². The molecule has 0 radical (unpaired) electrons. The van der Waals surface area contributed by atoms with Gasteiger partial charge in [0, 0.05) is 18.7 Å². The first kappa shape index (κ1) is 22.5. The van der Waals surface area contributed by atoms with Crippen molar-refractivity contribution in [3.63, 3.8) is 0 Å². The predicted octanol–water partition coefficient (Wildman–Crippen LogP) is 3.47. The molecule has 1 saturated heterocycles. The van der Waals surface area contributed by atoms with Crippen molar-refractivity contribution in [3.8, 4) is 11.5 Å². The standard InChI is InChI=1S/C21H22BrNO6S/c1-2-29-20-14-15(13-18(22)21(20)25)3-8-19(24)16-4-6-17(7-5-16)30(26,27)23-9-11-28-12-10-23/h3-8,13-14,25H,2,9-12H2,1H3/b8-3+. The van der Waals surface area contributed by atoms with E-state index in [1.165, 1.54) is 34.6 Å². The highest BCUT2D eigenvalue weighted by Gasteiger charge is 2.26. The highest BCUT2D eigenvalue weighted by molar-refractivity contribution is 9.10. The molecule has 2 aromatic carbocycles. The van der Waals surface area contributed by atoms with Crippen molar-refractivity contribution < 1.29 is 27.8 Å². The molecule has 7 nitrogen and oxygen atoms in total. The van der Waals surface area contributed by atoms with Gasteiger partial charge in [0.15, 0.2) is 17.3 Å². The smallest absolute Gasteiger partial charge is 0.243 e. The number of ether oxygens (including phenoxy) is 2. The molecule has 1 aliphatic heterocycles. The number of hydrogen-bond acceptors (Lipinski definition) is 6. The van der Waals surface area contributed by atoms with Gasteiger partial charge in [-0.2, -0.15) is 4.31 Å². The molecule has 160 valence electrons. The van der Waals surface area contributed by atoms with Gasteiger partial charge in [0.1, 0.15) is 0 Å². The molecular formula is C21H22BrNO6S. The lowest BCUT2D eigenvalue weighted by Gasteiger charge is -2.26. The Hall–Kier alpha value is -2.20. The number of carbonyl (C=O) groups excluding carboxylic acids is 1. The number of benzene rings is 2. The normalized spacial score (nSPS) is 15.4. The van der Waals surface area contributed by atoms with Gasteiger partial charge < -0.3 is 14.6 Å². The third-order valence-corrected chi connectivity index (χ3v) is 7.04. The minimum absolute atomic E-state index is 0.00241. The second-order valence-corrected chi connectivity index (χ2v) is 9.31. The van der Waals surface area contributed by atoms with Crippen LogP contribution in [-0.2, 0) is 14.8 Å². The van der Waals surface area contributed by atoms with Crippen molar-refractivity contribution in [1.82, 2.24) is 4.31 Å². The van der Waals surface area contributed by atoms with E-state index in [0.29, 0.717) is 54.3 Å². The van der Waals surface area contributed by atoms with Crippen molar-refractivity contribution in [2.75, 3.05) is 32.9 Å². The highest BCUT2D eigenvalue weighted by atomic mass is 79.9. The van der Waals surface area contributed by atoms with Gasteiger partial charge in [-0.1, -0.05) is 6.08 Å². The van der Waals surface area contributed by atoms with Crippen LogP contribution in [0.1, 0.15) is 22.8 Å². The van der Waals surface area contributed by atoms with E-state index in [4.69, 9.17) is 9.47 Å². The molecule has 1 aliphatic rings. The van der Waals surface area contributed by atoms with Crippen LogP contribution < -0.4 is 4.74 Å². The molecule has 0 amide bonds. The third kappa shape index (κ3) is 5.10. The lowest BCUT2D eigenvalue weighted by atomic mass is 10.1. The molecule has 1 fully saturated rings. The SMILES string of the molecule is CCOc1cc(/C=C/C(=O)c2ccc(S(=O)(=O)N3CCOCC3)cc2)cc(Br)c1O. The van der Waals surface area contributed by atoms with Crippen LogP contribution in [0.5, 0.6) is 11.5 Å². The number of phenolic OH excluding ortho intramolecular Hbond substituents is 1. The molecule has 0 atom stereocenters. The van der Waals surface area contributed by atoms with E-state index in [9.17, 15) is 18.3 Å². The summed E-state index contributed by atoms with van der Waals surface area (Å²) in [5, 5.41) is 9.97. The lowest BCUT2D eigenvalue weighted by molar-refractivity contribution is 0.0730. The van der Waals surface area contributed by atoms with E-state index in [0.717, 1.165) is 0 Å². The molecule has 2 aromatic rings. The maximum absolute atomic E-state index is 12.7. The van der Waals surface area contributed by atoms with Gasteiger partial charge in [-0.25, -0.2) is 8.42 Å². The highest BCUT2D eigenvalue weighted by Crippen LogP contribution is 2.35. The van der Waals surface area contributed by atoms with Gasteiger partial charge in [0.05, 0.1) is 29.2 Å². The topological polar surface area (TPSA) is 93.1 Å². The summed E-state index contributed by atoms with van der Waals surface area (Å²) in [6.07, 6.45) is 2.99. The van der Waals surface area contributed by atoms with Gasteiger partial charge in [0.2, 0.25) is 10.0 Å². The average Bonchev–Trinajstić information content (AvgIpc) is 2.76. The fraction of sp³-hybridized carbons (Fsp3) is 0.286. The molecule has 0 aromatic heterocycles. The third-order valence-electron chi connectivity index (χ3n) is 4.52. The summed E-state index contributed by atoms with van der Waals surface area (Å²) in [5.74, 6) is 0.0431. The summed E-state index contributed by atoms with van der Waals surface area (Å²) in [5.41, 5.74) is 1.04. The average molecular weight is 496 g/mol. The first-order valence-corrected chi connectivity index (χ1v) is 11.6. The monoisotopic (exact) mass is 495 g/mol. The Labute approximate surface area is 184 Å². The fourth-order valence-corrected chi connectivity index (χ4v) is 4.82. The number of aromatic hydroxyl groups is 1. The first-order chi connectivity index (χ1) is 14.3. The summed E-state index contributed by atoms with van der Waals surface area (Å²) in [4.78, 5) is 12.6. The van der Waals surface area contributed by atoms with E-state index in [-0.39, 0.29) is 16.4 Å². The summed E-state index contributed by atoms with van der Waals surface area (Å²) in [7, 11) is -3.60. The summed E-state index contributed by atoms with van der Waals surface area (Å²) < 4.78 is 37.7. The number of hydrogen-bond donors (Lipinski definition) is 1. The van der Waals surface area contributed by atoms with Crippen molar-refractivity contribution in [1.29, 1.82) is 0 Å². The van der Waals surface area contributed by atoms with Crippen LogP contribution >= 0.6 is 15.9 Å². The second kappa shape index (κ2) is 9.74.